The third-order valence-corrected chi connectivity index (χ3v) is 4.47. The van der Waals surface area contributed by atoms with Crippen LogP contribution in [0.2, 0.25) is 0 Å². The lowest BCUT2D eigenvalue weighted by molar-refractivity contribution is -0.143. The van der Waals surface area contributed by atoms with E-state index in [-0.39, 0.29) is 17.9 Å². The van der Waals surface area contributed by atoms with Crippen LogP contribution in [0.5, 0.6) is 0 Å². The summed E-state index contributed by atoms with van der Waals surface area (Å²) in [5, 5.41) is 9.05. The van der Waals surface area contributed by atoms with Gasteiger partial charge in [-0.25, -0.2) is 18.4 Å². The summed E-state index contributed by atoms with van der Waals surface area (Å²) in [6, 6.07) is 8.17. The largest absolute Gasteiger partial charge is 0.435 e. The number of imidazole rings is 1. The average molecular weight is 448 g/mol. The molecule has 12 heteroatoms. The summed E-state index contributed by atoms with van der Waals surface area (Å²) in [5.41, 5.74) is -1.96. The summed E-state index contributed by atoms with van der Waals surface area (Å²) in [7, 11) is 0. The Morgan fingerprint density at radius 3 is 2.44 bits per heavy atom. The molecular weight excluding hydrogens is 435 g/mol. The number of benzene rings is 2. The van der Waals surface area contributed by atoms with Gasteiger partial charge in [0.15, 0.2) is 11.4 Å². The first kappa shape index (κ1) is 21.2. The fourth-order valence-corrected chi connectivity index (χ4v) is 2.99. The molecule has 1 N–H and O–H groups in total. The van der Waals surface area contributed by atoms with E-state index in [4.69, 9.17) is 0 Å². The molecule has 0 aliphatic rings. The lowest BCUT2D eigenvalue weighted by atomic mass is 10.2. The Bertz CT molecular complexity index is 1250. The molecular formula is C20H13F5N6O. The van der Waals surface area contributed by atoms with Gasteiger partial charge in [0.05, 0.1) is 17.7 Å². The van der Waals surface area contributed by atoms with Gasteiger partial charge in [-0.05, 0) is 42.0 Å². The first-order valence-corrected chi connectivity index (χ1v) is 9.08. The van der Waals surface area contributed by atoms with E-state index in [9.17, 15) is 26.7 Å². The minimum atomic E-state index is -4.97. The van der Waals surface area contributed by atoms with E-state index in [0.29, 0.717) is 10.2 Å². The van der Waals surface area contributed by atoms with Gasteiger partial charge in [0, 0.05) is 18.9 Å². The van der Waals surface area contributed by atoms with Crippen LogP contribution in [0.25, 0.3) is 11.4 Å². The van der Waals surface area contributed by atoms with Crippen molar-refractivity contribution >= 4 is 5.91 Å². The number of hydrogen-bond acceptors (Lipinski definition) is 4. The van der Waals surface area contributed by atoms with Crippen molar-refractivity contribution in [3.05, 3.63) is 89.8 Å². The zero-order valence-corrected chi connectivity index (χ0v) is 16.0. The highest BCUT2D eigenvalue weighted by Gasteiger charge is 2.42. The van der Waals surface area contributed by atoms with Crippen molar-refractivity contribution in [2.75, 3.05) is 0 Å². The zero-order valence-electron chi connectivity index (χ0n) is 16.0. The Morgan fingerprint density at radius 2 is 1.81 bits per heavy atom. The summed E-state index contributed by atoms with van der Waals surface area (Å²) in [6.45, 7) is -0.249. The molecule has 0 atom stereocenters. The smallest absolute Gasteiger partial charge is 0.346 e. The number of alkyl halides is 3. The molecule has 0 spiro atoms. The minimum absolute atomic E-state index is 0.123. The predicted molar refractivity (Wildman–Crippen MR) is 101 cm³/mol. The molecule has 164 valence electrons. The molecule has 0 aliphatic carbocycles. The molecule has 4 aromatic rings. The van der Waals surface area contributed by atoms with Gasteiger partial charge in [-0.1, -0.05) is 11.3 Å². The van der Waals surface area contributed by atoms with Crippen molar-refractivity contribution in [1.29, 1.82) is 0 Å². The maximum Gasteiger partial charge on any atom is 0.435 e. The van der Waals surface area contributed by atoms with Crippen molar-refractivity contribution in [1.82, 2.24) is 29.9 Å². The van der Waals surface area contributed by atoms with E-state index in [1.807, 2.05) is 0 Å². The van der Waals surface area contributed by atoms with Crippen LogP contribution in [0.3, 0.4) is 0 Å². The van der Waals surface area contributed by atoms with Gasteiger partial charge < -0.3 is 9.88 Å². The molecule has 0 aliphatic heterocycles. The first-order chi connectivity index (χ1) is 15.2. The van der Waals surface area contributed by atoms with Crippen LogP contribution in [0.15, 0.2) is 61.2 Å². The molecule has 0 radical (unpaired) electrons. The molecule has 0 saturated carbocycles. The lowest BCUT2D eigenvalue weighted by Crippen LogP contribution is -2.27. The number of rotatable bonds is 5. The highest BCUT2D eigenvalue weighted by Crippen LogP contribution is 2.32. The van der Waals surface area contributed by atoms with Gasteiger partial charge >= 0.3 is 6.18 Å². The topological polar surface area (TPSA) is 77.6 Å². The van der Waals surface area contributed by atoms with Crippen LogP contribution >= 0.6 is 0 Å². The second-order valence-corrected chi connectivity index (χ2v) is 6.61. The predicted octanol–water partition coefficient (Wildman–Crippen LogP) is 3.68. The molecule has 0 saturated heterocycles. The number of nitrogens with zero attached hydrogens (tertiary/aromatic N) is 5. The second kappa shape index (κ2) is 8.21. The van der Waals surface area contributed by atoms with Crippen molar-refractivity contribution in [3.63, 3.8) is 0 Å². The highest BCUT2D eigenvalue weighted by molar-refractivity contribution is 5.93. The number of aromatic nitrogens is 5. The van der Waals surface area contributed by atoms with Crippen molar-refractivity contribution in [3.8, 4) is 11.4 Å². The number of carbonyl (C=O) groups excluding carboxylic acids is 1. The van der Waals surface area contributed by atoms with E-state index >= 15 is 0 Å². The van der Waals surface area contributed by atoms with Crippen molar-refractivity contribution in [2.45, 2.75) is 12.7 Å². The second-order valence-electron chi connectivity index (χ2n) is 6.61. The Kier molecular flexibility index (Phi) is 5.43. The Morgan fingerprint density at radius 1 is 1.06 bits per heavy atom. The van der Waals surface area contributed by atoms with Crippen LogP contribution in [0, 0.1) is 11.6 Å². The maximum absolute atomic E-state index is 14.3. The molecule has 7 nitrogen and oxygen atoms in total. The fourth-order valence-electron chi connectivity index (χ4n) is 2.99. The number of amides is 1. The van der Waals surface area contributed by atoms with Gasteiger partial charge in [0.2, 0.25) is 0 Å². The molecule has 2 heterocycles. The molecule has 4 rings (SSSR count). The average Bonchev–Trinajstić information content (AvgIpc) is 3.42. The summed E-state index contributed by atoms with van der Waals surface area (Å²) in [6.07, 6.45) is -0.542. The van der Waals surface area contributed by atoms with E-state index in [1.54, 1.807) is 6.20 Å². The molecule has 32 heavy (non-hydrogen) atoms. The molecule has 0 fully saturated rings. The molecule has 0 unspecified atom stereocenters. The number of hydrogen-bond donors (Lipinski definition) is 1. The van der Waals surface area contributed by atoms with E-state index in [2.05, 4.69) is 20.6 Å². The SMILES string of the molecule is O=C(NCc1ccc(-n2ccnc2)c(F)c1)c1nnn(-c2ccc(F)cc2)c1C(F)(F)F. The summed E-state index contributed by atoms with van der Waals surface area (Å²) in [4.78, 5) is 16.3. The fraction of sp³-hybridized carbons (Fsp3) is 0.100. The van der Waals surface area contributed by atoms with Crippen LogP contribution in [-0.4, -0.2) is 30.5 Å². The number of halogens is 5. The maximum atomic E-state index is 14.3. The van der Waals surface area contributed by atoms with Crippen LogP contribution < -0.4 is 5.32 Å². The standard InChI is InChI=1S/C20H13F5N6O/c21-13-2-4-14(5-3-13)31-18(20(23,24)25)17(28-29-31)19(32)27-10-12-1-6-16(15(22)9-12)30-8-7-26-11-30/h1-9,11H,10H2,(H,27,32). The Balaban J connectivity index is 1.56. The van der Waals surface area contributed by atoms with Gasteiger partial charge in [0.25, 0.3) is 5.91 Å². The Hall–Kier alpha value is -4.09. The van der Waals surface area contributed by atoms with Crippen LogP contribution in [0.4, 0.5) is 22.0 Å². The lowest BCUT2D eigenvalue weighted by Gasteiger charge is -2.11. The molecule has 0 bridgehead atoms. The van der Waals surface area contributed by atoms with E-state index in [0.717, 1.165) is 30.3 Å². The van der Waals surface area contributed by atoms with Crippen molar-refractivity contribution < 1.29 is 26.7 Å². The summed E-state index contributed by atoms with van der Waals surface area (Å²) >= 11 is 0. The van der Waals surface area contributed by atoms with Gasteiger partial charge in [0.1, 0.15) is 11.6 Å². The number of nitrogens with one attached hydrogen (secondary N) is 1. The van der Waals surface area contributed by atoms with E-state index < -0.39 is 35.1 Å². The van der Waals surface area contributed by atoms with E-state index in [1.165, 1.54) is 29.2 Å². The van der Waals surface area contributed by atoms with Crippen LogP contribution in [0.1, 0.15) is 21.7 Å². The number of carbonyl (C=O) groups is 1. The first-order valence-electron chi connectivity index (χ1n) is 9.08. The highest BCUT2D eigenvalue weighted by atomic mass is 19.4. The minimum Gasteiger partial charge on any atom is -0.346 e. The monoisotopic (exact) mass is 448 g/mol. The van der Waals surface area contributed by atoms with Gasteiger partial charge in [-0.3, -0.25) is 4.79 Å². The zero-order chi connectivity index (χ0) is 22.9. The quantitative estimate of drug-likeness (QED) is 0.473. The van der Waals surface area contributed by atoms with Gasteiger partial charge in [-0.15, -0.1) is 5.10 Å². The molecule has 1 amide bonds. The van der Waals surface area contributed by atoms with Crippen LogP contribution in [-0.2, 0) is 12.7 Å². The van der Waals surface area contributed by atoms with Gasteiger partial charge in [-0.2, -0.15) is 13.2 Å². The molecule has 2 aromatic heterocycles. The molecule has 2 aromatic carbocycles. The summed E-state index contributed by atoms with van der Waals surface area (Å²) in [5.74, 6) is -2.40. The third kappa shape index (κ3) is 4.19. The normalized spacial score (nSPS) is 11.5. The van der Waals surface area contributed by atoms with Crippen molar-refractivity contribution in [2.24, 2.45) is 0 Å². The summed E-state index contributed by atoms with van der Waals surface area (Å²) < 4.78 is 70.2. The Labute approximate surface area is 177 Å². The third-order valence-electron chi connectivity index (χ3n) is 4.47.